The minimum Gasteiger partial charge on any atom is -0.309 e. The van der Waals surface area contributed by atoms with E-state index in [9.17, 15) is 11.0 Å². The van der Waals surface area contributed by atoms with Gasteiger partial charge < -0.3 is 8.97 Å². The van der Waals surface area contributed by atoms with E-state index >= 15 is 0 Å². The molecule has 0 spiro atoms. The van der Waals surface area contributed by atoms with E-state index < -0.39 is 195 Å². The van der Waals surface area contributed by atoms with E-state index in [0.717, 1.165) is 4.57 Å². The van der Waals surface area contributed by atoms with Crippen molar-refractivity contribution in [2.24, 2.45) is 0 Å². The quantitative estimate of drug-likeness (QED) is 0.192. The second-order valence-corrected chi connectivity index (χ2v) is 10.3. The Bertz CT molecular complexity index is 4130. The first-order valence-corrected chi connectivity index (χ1v) is 13.6. The van der Waals surface area contributed by atoms with Gasteiger partial charge in [0.05, 0.1) is 61.9 Å². The number of aryl methyl sites for hydroxylation is 1. The fourth-order valence-corrected chi connectivity index (χ4v) is 5.94. The maximum Gasteiger partial charge on any atom is 0.0645 e. The third-order valence-corrected chi connectivity index (χ3v) is 7.85. The van der Waals surface area contributed by atoms with Gasteiger partial charge in [0.25, 0.3) is 0 Å². The highest BCUT2D eigenvalue weighted by molar-refractivity contribution is 6.24. The summed E-state index contributed by atoms with van der Waals surface area (Å²) in [6.07, 6.45) is 0. The van der Waals surface area contributed by atoms with Crippen LogP contribution in [-0.4, -0.2) is 8.97 Å². The van der Waals surface area contributed by atoms with Gasteiger partial charge in [-0.2, -0.15) is 0 Å². The Balaban J connectivity index is 1.39. The van der Waals surface area contributed by atoms with E-state index in [1.165, 1.54) is 11.3 Å². The van der Waals surface area contributed by atoms with Crippen LogP contribution in [0.4, 0.5) is 0 Å². The highest BCUT2D eigenvalue weighted by Crippen LogP contribution is 2.42. The average Bonchev–Trinajstić information content (AvgIpc) is 3.99. The molecule has 0 bridgehead atoms. The van der Waals surface area contributed by atoms with Gasteiger partial charge in [-0.05, 0) is 83.1 Å². The first kappa shape index (κ1) is 10.6. The second kappa shape index (κ2) is 9.07. The molecule has 0 aliphatic rings. The zero-order valence-electron chi connectivity index (χ0n) is 47.9. The lowest BCUT2D eigenvalue weighted by Gasteiger charge is -2.10. The van der Waals surface area contributed by atoms with Crippen molar-refractivity contribution >= 4 is 59.9 Å². The van der Waals surface area contributed by atoms with Crippen LogP contribution in [0.15, 0.2) is 151 Å². The molecule has 0 aliphatic heterocycles. The summed E-state index contributed by atoms with van der Waals surface area (Å²) in [6.45, 7) is 1.48. The van der Waals surface area contributed by atoms with Crippen molar-refractivity contribution in [1.29, 1.82) is 0 Å². The molecule has 45 heavy (non-hydrogen) atoms. The summed E-state index contributed by atoms with van der Waals surface area (Å²) in [7, 11) is 0. The lowest BCUT2D eigenvalue weighted by atomic mass is 9.99. The van der Waals surface area contributed by atoms with Gasteiger partial charge in [-0.15, -0.1) is 0 Å². The zero-order valence-corrected chi connectivity index (χ0v) is 22.9. The Morgan fingerprint density at radius 3 is 1.76 bits per heavy atom. The van der Waals surface area contributed by atoms with Crippen molar-refractivity contribution in [1.82, 2.24) is 8.97 Å². The van der Waals surface area contributed by atoms with Crippen molar-refractivity contribution in [2.75, 3.05) is 0 Å². The molecule has 3 heterocycles. The van der Waals surface area contributed by atoms with Gasteiger partial charge in [-0.1, -0.05) is 103 Å². The molecule has 10 aromatic rings. The average molecular weight is 598 g/mol. The first-order valence-electron chi connectivity index (χ1n) is 26.1. The number of aromatic nitrogens is 2. The topological polar surface area (TPSA) is 9.34 Å². The van der Waals surface area contributed by atoms with Gasteiger partial charge in [-0.3, -0.25) is 0 Å². The monoisotopic (exact) mass is 597 g/mol. The molecule has 7 aromatic carbocycles. The molecule has 0 N–H and O–H groups in total. The second-order valence-electron chi connectivity index (χ2n) is 10.3. The molecular formula is C43H28N2. The standard InChI is InChI=1S/C43H28N2/c1-27-15-22-34-37-26-31(19-24-41(37)45-39-14-8-6-12-35(39)42(27)43(34)45)30-18-23-40-36(25-30)33-11-5-7-13-38(33)44(40)32-20-16-29(17-21-32)28-9-3-2-4-10-28/h2-26H,1H3/i2D,3D,4D,5D,6D,7D,8D,9D,10D,11D,12D,13D,14D,15D,16D,17D,18D,19D,20D,21D,22D,23D,24D,25D,26D. The van der Waals surface area contributed by atoms with Gasteiger partial charge in [0.15, 0.2) is 0 Å². The van der Waals surface area contributed by atoms with E-state index in [-0.39, 0.29) is 49.7 Å². The third kappa shape index (κ3) is 3.39. The number of hydrogen-bond donors (Lipinski definition) is 0. The molecule has 0 aliphatic carbocycles. The summed E-state index contributed by atoms with van der Waals surface area (Å²) in [5.74, 6) is 0. The number of benzene rings is 7. The highest BCUT2D eigenvalue weighted by atomic mass is 15.0. The fraction of sp³-hybridized carbons (Fsp3) is 0.0233. The molecule has 210 valence electrons. The fourth-order valence-electron chi connectivity index (χ4n) is 5.94. The van der Waals surface area contributed by atoms with E-state index in [1.807, 2.05) is 0 Å². The Morgan fingerprint density at radius 2 is 0.978 bits per heavy atom. The smallest absolute Gasteiger partial charge is 0.0645 e. The Labute approximate surface area is 295 Å². The van der Waals surface area contributed by atoms with Crippen molar-refractivity contribution in [3.8, 4) is 27.9 Å². The molecule has 0 amide bonds. The van der Waals surface area contributed by atoms with Crippen molar-refractivity contribution in [3.63, 3.8) is 0 Å². The molecule has 0 saturated heterocycles. The van der Waals surface area contributed by atoms with E-state index in [2.05, 4.69) is 0 Å². The lowest BCUT2D eigenvalue weighted by Crippen LogP contribution is -1.93. The SMILES string of the molecule is [2H]c1c([2H])c([2H])c(-c2c([2H])c([2H])c(-n3c4c([2H])c([2H])c([2H])c([2H])c4c4c([2H])c(-c5c([2H])c([2H])c6c(c5[2H])c5c([2H])c([2H])c(C)c7c8c([2H])c([2H])c([2H])c([2H])c8n6c57)c([2H])c([2H])c43)c([2H])c2[2H])c([2H])c1[2H]. The third-order valence-electron chi connectivity index (χ3n) is 7.85. The molecule has 0 atom stereocenters. The number of nitrogens with zero attached hydrogens (tertiary/aromatic N) is 2. The summed E-state index contributed by atoms with van der Waals surface area (Å²) in [4.78, 5) is 0. The number of rotatable bonds is 3. The van der Waals surface area contributed by atoms with Gasteiger partial charge in [-0.25, -0.2) is 0 Å². The summed E-state index contributed by atoms with van der Waals surface area (Å²) < 4.78 is 226. The van der Waals surface area contributed by atoms with Gasteiger partial charge in [0, 0.05) is 38.0 Å². The maximum absolute atomic E-state index is 9.77. The molecule has 2 heteroatoms. The van der Waals surface area contributed by atoms with E-state index in [1.54, 1.807) is 0 Å². The Morgan fingerprint density at radius 1 is 0.422 bits per heavy atom. The minimum absolute atomic E-state index is 0.0296. The predicted molar refractivity (Wildman–Crippen MR) is 191 cm³/mol. The lowest BCUT2D eigenvalue weighted by molar-refractivity contribution is 1.18. The summed E-state index contributed by atoms with van der Waals surface area (Å²) >= 11 is 0. The van der Waals surface area contributed by atoms with Crippen LogP contribution in [0.2, 0.25) is 0 Å². The Kier molecular flexibility index (Phi) is 2.15. The van der Waals surface area contributed by atoms with E-state index in [4.69, 9.17) is 23.3 Å². The molecule has 2 nitrogen and oxygen atoms in total. The van der Waals surface area contributed by atoms with Crippen LogP contribution in [0.5, 0.6) is 0 Å². The molecule has 0 radical (unpaired) electrons. The molecule has 10 rings (SSSR count). The van der Waals surface area contributed by atoms with Crippen LogP contribution in [-0.2, 0) is 0 Å². The van der Waals surface area contributed by atoms with Crippen molar-refractivity contribution in [3.05, 3.63) is 157 Å². The van der Waals surface area contributed by atoms with Crippen LogP contribution >= 0.6 is 0 Å². The maximum atomic E-state index is 9.77. The van der Waals surface area contributed by atoms with Crippen molar-refractivity contribution in [2.45, 2.75) is 6.92 Å². The normalized spacial score (nSPS) is 19.9. The number of fused-ring (bicyclic) bond motifs is 9. The largest absolute Gasteiger partial charge is 0.309 e. The predicted octanol–water partition coefficient (Wildman–Crippen LogP) is 11.6. The van der Waals surface area contributed by atoms with Crippen LogP contribution in [0.1, 0.15) is 39.8 Å². The molecule has 0 saturated carbocycles. The minimum atomic E-state index is -0.986. The Hall–Kier alpha value is -5.86. The van der Waals surface area contributed by atoms with Crippen molar-refractivity contribution < 1.29 is 34.3 Å². The summed E-state index contributed by atoms with van der Waals surface area (Å²) in [5, 5.41) is -1.42. The zero-order chi connectivity index (χ0) is 51.4. The van der Waals surface area contributed by atoms with E-state index in [0.29, 0.717) is 0 Å². The van der Waals surface area contributed by atoms with Gasteiger partial charge >= 0.3 is 0 Å². The van der Waals surface area contributed by atoms with Gasteiger partial charge in [0.2, 0.25) is 0 Å². The summed E-state index contributed by atoms with van der Waals surface area (Å²) in [5.41, 5.74) is -4.97. The molecular weight excluding hydrogens is 544 g/mol. The molecule has 0 fully saturated rings. The number of hydrogen-bond acceptors (Lipinski definition) is 0. The van der Waals surface area contributed by atoms with Gasteiger partial charge in [0.1, 0.15) is 0 Å². The highest BCUT2D eigenvalue weighted by Gasteiger charge is 2.19. The van der Waals surface area contributed by atoms with Crippen LogP contribution < -0.4 is 0 Å². The first-order chi connectivity index (χ1) is 32.7. The molecule has 0 unspecified atom stereocenters. The summed E-state index contributed by atoms with van der Waals surface area (Å²) in [6, 6.07) is -19.6. The van der Waals surface area contributed by atoms with Crippen LogP contribution in [0.25, 0.3) is 87.8 Å². The number of para-hydroxylation sites is 2. The van der Waals surface area contributed by atoms with Crippen LogP contribution in [0, 0.1) is 6.92 Å². The molecule has 3 aromatic heterocycles. The van der Waals surface area contributed by atoms with Crippen LogP contribution in [0.3, 0.4) is 0 Å².